The molecule has 0 fully saturated rings. The van der Waals surface area contributed by atoms with E-state index >= 15 is 0 Å². The summed E-state index contributed by atoms with van der Waals surface area (Å²) in [5.74, 6) is 0.565. The van der Waals surface area contributed by atoms with Gasteiger partial charge in [-0.3, -0.25) is 0 Å². The van der Waals surface area contributed by atoms with Crippen molar-refractivity contribution in [2.24, 2.45) is 0 Å². The van der Waals surface area contributed by atoms with Crippen LogP contribution < -0.4 is 0 Å². The lowest BCUT2D eigenvalue weighted by molar-refractivity contribution is 1.16. The van der Waals surface area contributed by atoms with E-state index in [1.165, 1.54) is 0 Å². The Labute approximate surface area is 112 Å². The van der Waals surface area contributed by atoms with Gasteiger partial charge in [0.05, 0.1) is 4.47 Å². The molecule has 16 heavy (non-hydrogen) atoms. The summed E-state index contributed by atoms with van der Waals surface area (Å²) >= 11 is 15.2. The first kappa shape index (κ1) is 11.8. The number of aromatic nitrogens is 2. The van der Waals surface area contributed by atoms with Gasteiger partial charge in [-0.2, -0.15) is 0 Å². The minimum Gasteiger partial charge on any atom is -0.235 e. The minimum atomic E-state index is 0.390. The van der Waals surface area contributed by atoms with Crippen LogP contribution in [-0.4, -0.2) is 9.97 Å². The van der Waals surface area contributed by atoms with E-state index in [4.69, 9.17) is 23.2 Å². The topological polar surface area (TPSA) is 25.8 Å². The molecule has 0 unspecified atom stereocenters. The SMILES string of the molecule is Cc1ccc(-c2ncc(Br)c(Cl)n2)cc1Cl. The van der Waals surface area contributed by atoms with Crippen molar-refractivity contribution in [1.82, 2.24) is 9.97 Å². The Bertz CT molecular complexity index is 494. The zero-order valence-electron chi connectivity index (χ0n) is 8.34. The Morgan fingerprint density at radius 1 is 1.25 bits per heavy atom. The Morgan fingerprint density at radius 3 is 2.62 bits per heavy atom. The molecule has 0 bridgehead atoms. The van der Waals surface area contributed by atoms with Gasteiger partial charge in [0.2, 0.25) is 0 Å². The fraction of sp³-hybridized carbons (Fsp3) is 0.0909. The van der Waals surface area contributed by atoms with Crippen molar-refractivity contribution in [3.63, 3.8) is 0 Å². The zero-order chi connectivity index (χ0) is 11.7. The van der Waals surface area contributed by atoms with Crippen molar-refractivity contribution in [2.75, 3.05) is 0 Å². The first-order valence-corrected chi connectivity index (χ1v) is 6.07. The quantitative estimate of drug-likeness (QED) is 0.723. The molecule has 0 aliphatic rings. The smallest absolute Gasteiger partial charge is 0.160 e. The molecule has 2 nitrogen and oxygen atoms in total. The average Bonchev–Trinajstić information content (AvgIpc) is 2.26. The maximum absolute atomic E-state index is 6.04. The van der Waals surface area contributed by atoms with Crippen LogP contribution in [0.4, 0.5) is 0 Å². The summed E-state index contributed by atoms with van der Waals surface area (Å²) in [5.41, 5.74) is 1.87. The first-order valence-electron chi connectivity index (χ1n) is 4.52. The summed E-state index contributed by atoms with van der Waals surface area (Å²) < 4.78 is 0.677. The monoisotopic (exact) mass is 316 g/mol. The van der Waals surface area contributed by atoms with Gasteiger partial charge in [0.15, 0.2) is 5.82 Å². The Kier molecular flexibility index (Phi) is 3.47. The normalized spacial score (nSPS) is 10.5. The third kappa shape index (κ3) is 2.37. The number of hydrogen-bond donors (Lipinski definition) is 0. The Morgan fingerprint density at radius 2 is 2.00 bits per heavy atom. The number of nitrogens with zero attached hydrogens (tertiary/aromatic N) is 2. The van der Waals surface area contributed by atoms with Gasteiger partial charge in [0.25, 0.3) is 0 Å². The van der Waals surface area contributed by atoms with Crippen LogP contribution in [0.15, 0.2) is 28.9 Å². The van der Waals surface area contributed by atoms with Gasteiger partial charge in [-0.15, -0.1) is 0 Å². The minimum absolute atomic E-state index is 0.390. The van der Waals surface area contributed by atoms with Crippen LogP contribution in [0.1, 0.15) is 5.56 Å². The first-order chi connectivity index (χ1) is 7.58. The van der Waals surface area contributed by atoms with E-state index in [2.05, 4.69) is 25.9 Å². The van der Waals surface area contributed by atoms with Crippen molar-refractivity contribution in [3.05, 3.63) is 44.6 Å². The highest BCUT2D eigenvalue weighted by Gasteiger charge is 2.06. The molecule has 0 spiro atoms. The highest BCUT2D eigenvalue weighted by atomic mass is 79.9. The maximum Gasteiger partial charge on any atom is 0.160 e. The summed E-state index contributed by atoms with van der Waals surface area (Å²) in [7, 11) is 0. The van der Waals surface area contributed by atoms with Gasteiger partial charge in [-0.05, 0) is 34.5 Å². The molecule has 2 rings (SSSR count). The standard InChI is InChI=1S/C11H7BrCl2N2/c1-6-2-3-7(4-9(6)13)11-15-5-8(12)10(14)16-11/h2-5H,1H3. The molecule has 0 aliphatic heterocycles. The van der Waals surface area contributed by atoms with Crippen LogP contribution in [0.3, 0.4) is 0 Å². The fourth-order valence-electron chi connectivity index (χ4n) is 1.22. The molecule has 0 radical (unpaired) electrons. The second-order valence-electron chi connectivity index (χ2n) is 3.30. The summed E-state index contributed by atoms with van der Waals surface area (Å²) in [6.07, 6.45) is 1.62. The van der Waals surface area contributed by atoms with E-state index in [0.717, 1.165) is 11.1 Å². The van der Waals surface area contributed by atoms with Crippen molar-refractivity contribution in [2.45, 2.75) is 6.92 Å². The lowest BCUT2D eigenvalue weighted by atomic mass is 10.1. The molecular weight excluding hydrogens is 311 g/mol. The van der Waals surface area contributed by atoms with E-state index in [9.17, 15) is 0 Å². The molecule has 82 valence electrons. The maximum atomic E-state index is 6.04. The molecule has 1 aromatic carbocycles. The molecule has 0 atom stereocenters. The van der Waals surface area contributed by atoms with E-state index in [0.29, 0.717) is 20.5 Å². The van der Waals surface area contributed by atoms with E-state index < -0.39 is 0 Å². The number of aryl methyl sites for hydroxylation is 1. The molecule has 0 N–H and O–H groups in total. The molecule has 0 saturated carbocycles. The third-order valence-corrected chi connectivity index (χ3v) is 3.64. The van der Waals surface area contributed by atoms with Crippen molar-refractivity contribution in [1.29, 1.82) is 0 Å². The van der Waals surface area contributed by atoms with E-state index in [1.807, 2.05) is 25.1 Å². The van der Waals surface area contributed by atoms with Crippen LogP contribution in [0.2, 0.25) is 10.2 Å². The zero-order valence-corrected chi connectivity index (χ0v) is 11.4. The van der Waals surface area contributed by atoms with Gasteiger partial charge >= 0.3 is 0 Å². The van der Waals surface area contributed by atoms with Gasteiger partial charge < -0.3 is 0 Å². The number of rotatable bonds is 1. The summed E-state index contributed by atoms with van der Waals surface area (Å²) in [6, 6.07) is 5.67. The number of hydrogen-bond acceptors (Lipinski definition) is 2. The van der Waals surface area contributed by atoms with Crippen LogP contribution >= 0.6 is 39.1 Å². The predicted molar refractivity (Wildman–Crippen MR) is 69.9 cm³/mol. The molecule has 0 aliphatic carbocycles. The van der Waals surface area contributed by atoms with Crippen molar-refractivity contribution < 1.29 is 0 Å². The number of halogens is 3. The molecule has 1 aromatic heterocycles. The lowest BCUT2D eigenvalue weighted by Crippen LogP contribution is -1.90. The Hall–Kier alpha value is -0.640. The van der Waals surface area contributed by atoms with Gasteiger partial charge in [-0.1, -0.05) is 35.3 Å². The van der Waals surface area contributed by atoms with Gasteiger partial charge in [-0.25, -0.2) is 9.97 Å². The molecule has 0 saturated heterocycles. The second kappa shape index (κ2) is 4.70. The fourth-order valence-corrected chi connectivity index (χ4v) is 1.72. The lowest BCUT2D eigenvalue weighted by Gasteiger charge is -2.03. The summed E-state index contributed by atoms with van der Waals surface area (Å²) in [5, 5.41) is 1.09. The van der Waals surface area contributed by atoms with Crippen LogP contribution in [0.25, 0.3) is 11.4 Å². The highest BCUT2D eigenvalue weighted by molar-refractivity contribution is 9.10. The van der Waals surface area contributed by atoms with Gasteiger partial charge in [0.1, 0.15) is 5.15 Å². The molecule has 2 aromatic rings. The third-order valence-electron chi connectivity index (χ3n) is 2.13. The molecule has 1 heterocycles. The van der Waals surface area contributed by atoms with E-state index in [-0.39, 0.29) is 0 Å². The number of benzene rings is 1. The van der Waals surface area contributed by atoms with Crippen LogP contribution in [0, 0.1) is 6.92 Å². The molecule has 0 amide bonds. The van der Waals surface area contributed by atoms with E-state index in [1.54, 1.807) is 6.20 Å². The summed E-state index contributed by atoms with van der Waals surface area (Å²) in [6.45, 7) is 1.95. The Balaban J connectivity index is 2.50. The average molecular weight is 318 g/mol. The largest absolute Gasteiger partial charge is 0.235 e. The summed E-state index contributed by atoms with van der Waals surface area (Å²) in [4.78, 5) is 8.34. The van der Waals surface area contributed by atoms with Crippen molar-refractivity contribution >= 4 is 39.1 Å². The van der Waals surface area contributed by atoms with Crippen LogP contribution in [-0.2, 0) is 0 Å². The highest BCUT2D eigenvalue weighted by Crippen LogP contribution is 2.26. The van der Waals surface area contributed by atoms with Crippen molar-refractivity contribution in [3.8, 4) is 11.4 Å². The molecule has 5 heteroatoms. The predicted octanol–water partition coefficient (Wildman–Crippen LogP) is 4.52. The second-order valence-corrected chi connectivity index (χ2v) is 4.92. The van der Waals surface area contributed by atoms with Gasteiger partial charge in [0, 0.05) is 16.8 Å². The molecular formula is C11H7BrCl2N2. The van der Waals surface area contributed by atoms with Crippen LogP contribution in [0.5, 0.6) is 0 Å².